The fraction of sp³-hybridized carbons (Fsp3) is 0.500. The van der Waals surface area contributed by atoms with Crippen LogP contribution in [0.5, 0.6) is 0 Å². The van der Waals surface area contributed by atoms with E-state index < -0.39 is 0 Å². The predicted octanol–water partition coefficient (Wildman–Crippen LogP) is 3.41. The van der Waals surface area contributed by atoms with E-state index >= 15 is 0 Å². The van der Waals surface area contributed by atoms with Crippen LogP contribution < -0.4 is 5.32 Å². The molecule has 2 aliphatic rings. The van der Waals surface area contributed by atoms with E-state index in [1.165, 1.54) is 0 Å². The standard InChI is InChI=1S/C18H21Cl2N5O.ClH/c1-10(2)17-22-16(18(26)24-8-11-6-21-7-12(11)9-24)23-25(17)15-13(19)4-3-5-14(15)20;/h3-5,10-12,21H,6-9H2,1-2H3;1H/t11-,12+;. The van der Waals surface area contributed by atoms with Gasteiger partial charge in [-0.05, 0) is 24.0 Å². The molecule has 9 heteroatoms. The van der Waals surface area contributed by atoms with Crippen molar-refractivity contribution in [1.29, 1.82) is 0 Å². The smallest absolute Gasteiger partial charge is 0.293 e. The molecule has 2 fully saturated rings. The van der Waals surface area contributed by atoms with E-state index in [-0.39, 0.29) is 30.1 Å². The van der Waals surface area contributed by atoms with Gasteiger partial charge in [-0.3, -0.25) is 4.79 Å². The molecule has 0 spiro atoms. The molecule has 1 aromatic heterocycles. The largest absolute Gasteiger partial charge is 0.335 e. The second-order valence-electron chi connectivity index (χ2n) is 7.32. The maximum absolute atomic E-state index is 13.0. The molecular formula is C18H22Cl3N5O. The van der Waals surface area contributed by atoms with E-state index in [0.29, 0.717) is 33.4 Å². The van der Waals surface area contributed by atoms with Crippen LogP contribution in [0.3, 0.4) is 0 Å². The highest BCUT2D eigenvalue weighted by Gasteiger charge is 2.39. The number of nitrogens with zero attached hydrogens (tertiary/aromatic N) is 4. The Labute approximate surface area is 174 Å². The van der Waals surface area contributed by atoms with Gasteiger partial charge in [-0.2, -0.15) is 0 Å². The number of benzene rings is 1. The zero-order chi connectivity index (χ0) is 18.4. The summed E-state index contributed by atoms with van der Waals surface area (Å²) < 4.78 is 1.61. The number of rotatable bonds is 3. The third-order valence-corrected chi connectivity index (χ3v) is 5.78. The van der Waals surface area contributed by atoms with Gasteiger partial charge >= 0.3 is 0 Å². The fourth-order valence-electron chi connectivity index (χ4n) is 3.81. The number of likely N-dealkylation sites (tertiary alicyclic amines) is 1. The minimum absolute atomic E-state index is 0. The van der Waals surface area contributed by atoms with Crippen molar-refractivity contribution in [3.63, 3.8) is 0 Å². The van der Waals surface area contributed by atoms with E-state index in [1.54, 1.807) is 22.9 Å². The van der Waals surface area contributed by atoms with Crippen molar-refractivity contribution in [3.8, 4) is 5.69 Å². The number of aromatic nitrogens is 3. The molecular weight excluding hydrogens is 409 g/mol. The number of carbonyl (C=O) groups excluding carboxylic acids is 1. The lowest BCUT2D eigenvalue weighted by atomic mass is 10.0. The van der Waals surface area contributed by atoms with Gasteiger partial charge in [0, 0.05) is 32.1 Å². The molecule has 1 aromatic carbocycles. The number of hydrogen-bond donors (Lipinski definition) is 1. The molecule has 0 bridgehead atoms. The lowest BCUT2D eigenvalue weighted by molar-refractivity contribution is 0.0769. The van der Waals surface area contributed by atoms with Crippen LogP contribution >= 0.6 is 35.6 Å². The fourth-order valence-corrected chi connectivity index (χ4v) is 4.36. The van der Waals surface area contributed by atoms with Crippen LogP contribution in [-0.2, 0) is 0 Å². The summed E-state index contributed by atoms with van der Waals surface area (Å²) in [4.78, 5) is 19.4. The Morgan fingerprint density at radius 1 is 1.19 bits per heavy atom. The van der Waals surface area contributed by atoms with Crippen molar-refractivity contribution in [2.75, 3.05) is 26.2 Å². The molecule has 146 valence electrons. The zero-order valence-electron chi connectivity index (χ0n) is 15.2. The average Bonchev–Trinajstić information content (AvgIpc) is 3.28. The zero-order valence-corrected chi connectivity index (χ0v) is 17.5. The van der Waals surface area contributed by atoms with Crippen molar-refractivity contribution >= 4 is 41.5 Å². The van der Waals surface area contributed by atoms with Gasteiger partial charge in [0.1, 0.15) is 11.5 Å². The number of para-hydroxylation sites is 1. The first-order chi connectivity index (χ1) is 12.5. The molecule has 0 unspecified atom stereocenters. The number of carbonyl (C=O) groups is 1. The van der Waals surface area contributed by atoms with Gasteiger partial charge in [-0.25, -0.2) is 9.67 Å². The highest BCUT2D eigenvalue weighted by atomic mass is 35.5. The third kappa shape index (κ3) is 3.68. The highest BCUT2D eigenvalue weighted by Crippen LogP contribution is 2.31. The van der Waals surface area contributed by atoms with Crippen LogP contribution in [0.4, 0.5) is 0 Å². The van der Waals surface area contributed by atoms with Gasteiger partial charge in [0.15, 0.2) is 0 Å². The average molecular weight is 431 g/mol. The summed E-state index contributed by atoms with van der Waals surface area (Å²) in [5.41, 5.74) is 0.563. The van der Waals surface area contributed by atoms with Crippen molar-refractivity contribution < 1.29 is 4.79 Å². The highest BCUT2D eigenvalue weighted by molar-refractivity contribution is 6.37. The van der Waals surface area contributed by atoms with Crippen LogP contribution in [-0.4, -0.2) is 51.8 Å². The van der Waals surface area contributed by atoms with Gasteiger partial charge < -0.3 is 10.2 Å². The van der Waals surface area contributed by atoms with Gasteiger partial charge in [-0.1, -0.05) is 43.1 Å². The molecule has 2 aromatic rings. The van der Waals surface area contributed by atoms with E-state index in [0.717, 1.165) is 26.2 Å². The summed E-state index contributed by atoms with van der Waals surface area (Å²) in [5.74, 6) is 1.89. The third-order valence-electron chi connectivity index (χ3n) is 5.17. The second kappa shape index (κ2) is 7.95. The normalized spacial score (nSPS) is 21.4. The maximum Gasteiger partial charge on any atom is 0.293 e. The summed E-state index contributed by atoms with van der Waals surface area (Å²) in [6.45, 7) is 7.48. The number of halogens is 3. The maximum atomic E-state index is 13.0. The van der Waals surface area contributed by atoms with E-state index in [1.807, 2.05) is 18.7 Å². The minimum Gasteiger partial charge on any atom is -0.335 e. The Hall–Kier alpha value is -1.34. The van der Waals surface area contributed by atoms with E-state index in [4.69, 9.17) is 23.2 Å². The Bertz CT molecular complexity index is 821. The monoisotopic (exact) mass is 429 g/mol. The van der Waals surface area contributed by atoms with Crippen LogP contribution in [0.25, 0.3) is 5.69 Å². The van der Waals surface area contributed by atoms with Crippen LogP contribution in [0.1, 0.15) is 36.2 Å². The van der Waals surface area contributed by atoms with Crippen molar-refractivity contribution in [2.45, 2.75) is 19.8 Å². The Morgan fingerprint density at radius 2 is 1.78 bits per heavy atom. The van der Waals surface area contributed by atoms with Gasteiger partial charge in [0.25, 0.3) is 5.91 Å². The molecule has 6 nitrogen and oxygen atoms in total. The quantitative estimate of drug-likeness (QED) is 0.810. The molecule has 0 aliphatic carbocycles. The summed E-state index contributed by atoms with van der Waals surface area (Å²) in [7, 11) is 0. The second-order valence-corrected chi connectivity index (χ2v) is 8.13. The molecule has 2 aliphatic heterocycles. The van der Waals surface area contributed by atoms with Crippen molar-refractivity contribution in [2.24, 2.45) is 11.8 Å². The van der Waals surface area contributed by atoms with E-state index in [9.17, 15) is 4.79 Å². The summed E-state index contributed by atoms with van der Waals surface area (Å²) >= 11 is 12.7. The molecule has 1 N–H and O–H groups in total. The van der Waals surface area contributed by atoms with Gasteiger partial charge in [-0.15, -0.1) is 17.5 Å². The summed E-state index contributed by atoms with van der Waals surface area (Å²) in [6.07, 6.45) is 0. The Morgan fingerprint density at radius 3 is 2.33 bits per heavy atom. The Balaban J connectivity index is 0.00000210. The molecule has 0 radical (unpaired) electrons. The first-order valence-corrected chi connectivity index (χ1v) is 9.62. The predicted molar refractivity (Wildman–Crippen MR) is 108 cm³/mol. The molecule has 3 heterocycles. The topological polar surface area (TPSA) is 63.1 Å². The molecule has 0 saturated carbocycles. The van der Waals surface area contributed by atoms with Gasteiger partial charge in [0.2, 0.25) is 5.82 Å². The number of amides is 1. The Kier molecular flexibility index (Phi) is 6.01. The van der Waals surface area contributed by atoms with Crippen LogP contribution in [0, 0.1) is 11.8 Å². The summed E-state index contributed by atoms with van der Waals surface area (Å²) in [6, 6.07) is 5.29. The SMILES string of the molecule is CC(C)c1nc(C(=O)N2C[C@H]3CNC[C@H]3C2)nn1-c1c(Cl)cccc1Cl.Cl. The molecule has 4 rings (SSSR count). The van der Waals surface area contributed by atoms with Crippen LogP contribution in [0.2, 0.25) is 10.0 Å². The first kappa shape index (κ1) is 20.4. The first-order valence-electron chi connectivity index (χ1n) is 8.87. The minimum atomic E-state index is -0.122. The lowest BCUT2D eigenvalue weighted by Crippen LogP contribution is -2.32. The number of hydrogen-bond acceptors (Lipinski definition) is 4. The van der Waals surface area contributed by atoms with Crippen molar-refractivity contribution in [1.82, 2.24) is 25.0 Å². The molecule has 27 heavy (non-hydrogen) atoms. The number of fused-ring (bicyclic) bond motifs is 1. The number of nitrogens with one attached hydrogen (secondary N) is 1. The van der Waals surface area contributed by atoms with Gasteiger partial charge in [0.05, 0.1) is 10.0 Å². The van der Waals surface area contributed by atoms with Crippen molar-refractivity contribution in [3.05, 3.63) is 39.9 Å². The van der Waals surface area contributed by atoms with E-state index in [2.05, 4.69) is 15.4 Å². The molecule has 1 amide bonds. The van der Waals surface area contributed by atoms with Crippen LogP contribution in [0.15, 0.2) is 18.2 Å². The molecule has 2 saturated heterocycles. The molecule has 2 atom stereocenters. The lowest BCUT2D eigenvalue weighted by Gasteiger charge is -2.15. The summed E-state index contributed by atoms with van der Waals surface area (Å²) in [5, 5.41) is 8.83.